The van der Waals surface area contributed by atoms with Crippen molar-refractivity contribution < 1.29 is 13.2 Å². The Hall–Kier alpha value is -1.50. The largest absolute Gasteiger partial charge is 0.433 e. The summed E-state index contributed by atoms with van der Waals surface area (Å²) in [4.78, 5) is 5.70. The molecular formula is C14H21F3N4. The topological polar surface area (TPSA) is 54.2 Å². The van der Waals surface area contributed by atoms with Gasteiger partial charge in [-0.3, -0.25) is 0 Å². The van der Waals surface area contributed by atoms with Crippen LogP contribution in [0.5, 0.6) is 0 Å². The smallest absolute Gasteiger partial charge is 0.396 e. The second kappa shape index (κ2) is 6.51. The predicted molar refractivity (Wildman–Crippen MR) is 77.0 cm³/mol. The highest BCUT2D eigenvalue weighted by atomic mass is 19.4. The van der Waals surface area contributed by atoms with E-state index < -0.39 is 11.9 Å². The maximum atomic E-state index is 12.6. The number of hydrogen-bond acceptors (Lipinski definition) is 4. The highest BCUT2D eigenvalue weighted by molar-refractivity contribution is 5.65. The lowest BCUT2D eigenvalue weighted by Crippen LogP contribution is -2.29. The number of nitrogens with two attached hydrogens (primary N) is 1. The molecule has 7 heteroatoms. The van der Waals surface area contributed by atoms with Crippen molar-refractivity contribution in [3.8, 4) is 0 Å². The Kier molecular flexibility index (Phi) is 4.92. The molecule has 1 unspecified atom stereocenters. The molecule has 0 radical (unpaired) electrons. The van der Waals surface area contributed by atoms with Crippen LogP contribution in [0.1, 0.15) is 25.5 Å². The van der Waals surface area contributed by atoms with Gasteiger partial charge in [0, 0.05) is 13.1 Å². The molecule has 4 nitrogen and oxygen atoms in total. The van der Waals surface area contributed by atoms with Gasteiger partial charge in [-0.05, 0) is 37.9 Å². The molecule has 1 aliphatic heterocycles. The van der Waals surface area contributed by atoms with Crippen molar-refractivity contribution in [1.82, 2.24) is 9.88 Å². The molecule has 0 bridgehead atoms. The monoisotopic (exact) mass is 302 g/mol. The lowest BCUT2D eigenvalue weighted by molar-refractivity contribution is -0.141. The van der Waals surface area contributed by atoms with E-state index in [1.807, 2.05) is 0 Å². The summed E-state index contributed by atoms with van der Waals surface area (Å²) >= 11 is 0. The number of rotatable bonds is 5. The van der Waals surface area contributed by atoms with E-state index in [9.17, 15) is 13.2 Å². The van der Waals surface area contributed by atoms with Crippen molar-refractivity contribution in [2.75, 3.05) is 37.2 Å². The molecule has 0 aliphatic carbocycles. The number of hydrogen-bond donors (Lipinski definition) is 2. The number of anilines is 2. The second-order valence-electron chi connectivity index (χ2n) is 5.65. The minimum Gasteiger partial charge on any atom is -0.396 e. The van der Waals surface area contributed by atoms with E-state index in [-0.39, 0.29) is 5.69 Å². The number of aromatic nitrogens is 1. The van der Waals surface area contributed by atoms with Crippen molar-refractivity contribution >= 4 is 11.4 Å². The van der Waals surface area contributed by atoms with Gasteiger partial charge in [-0.25, -0.2) is 4.98 Å². The lowest BCUT2D eigenvalue weighted by atomic mass is 10.1. The Morgan fingerprint density at radius 3 is 2.67 bits per heavy atom. The number of pyridine rings is 1. The summed E-state index contributed by atoms with van der Waals surface area (Å²) in [6.07, 6.45) is -0.944. The highest BCUT2D eigenvalue weighted by Gasteiger charge is 2.33. The summed E-state index contributed by atoms with van der Waals surface area (Å²) in [6, 6.07) is 0.970. The van der Waals surface area contributed by atoms with Crippen LogP contribution in [0.25, 0.3) is 0 Å². The molecule has 0 amide bonds. The number of nitrogen functional groups attached to an aromatic ring is 1. The van der Waals surface area contributed by atoms with Crippen LogP contribution in [0, 0.1) is 5.92 Å². The van der Waals surface area contributed by atoms with Gasteiger partial charge in [0.25, 0.3) is 0 Å². The SMILES string of the molecule is CC(CNc1cc(C(F)(F)F)ncc1N)CN1CCCC1. The van der Waals surface area contributed by atoms with Crippen LogP contribution in [0.2, 0.25) is 0 Å². The molecule has 0 spiro atoms. The van der Waals surface area contributed by atoms with E-state index in [0.717, 1.165) is 31.9 Å². The van der Waals surface area contributed by atoms with Crippen molar-refractivity contribution in [3.63, 3.8) is 0 Å². The highest BCUT2D eigenvalue weighted by Crippen LogP contribution is 2.31. The fourth-order valence-corrected chi connectivity index (χ4v) is 2.53. The quantitative estimate of drug-likeness (QED) is 0.878. The first-order valence-corrected chi connectivity index (χ1v) is 7.15. The van der Waals surface area contributed by atoms with E-state index in [1.165, 1.54) is 12.8 Å². The summed E-state index contributed by atoms with van der Waals surface area (Å²) in [5.41, 5.74) is 5.28. The zero-order valence-corrected chi connectivity index (χ0v) is 12.1. The molecule has 118 valence electrons. The lowest BCUT2D eigenvalue weighted by Gasteiger charge is -2.21. The Morgan fingerprint density at radius 1 is 1.38 bits per heavy atom. The van der Waals surface area contributed by atoms with Gasteiger partial charge in [0.1, 0.15) is 5.69 Å². The molecule has 1 saturated heterocycles. The molecular weight excluding hydrogens is 281 g/mol. The third kappa shape index (κ3) is 4.49. The van der Waals surface area contributed by atoms with E-state index >= 15 is 0 Å². The Labute approximate surface area is 122 Å². The van der Waals surface area contributed by atoms with Crippen LogP contribution < -0.4 is 11.1 Å². The van der Waals surface area contributed by atoms with Gasteiger partial charge in [0.05, 0.1) is 17.6 Å². The molecule has 1 aromatic heterocycles. The van der Waals surface area contributed by atoms with Crippen molar-refractivity contribution in [1.29, 1.82) is 0 Å². The summed E-state index contributed by atoms with van der Waals surface area (Å²) in [5, 5.41) is 3.01. The van der Waals surface area contributed by atoms with E-state index in [4.69, 9.17) is 5.73 Å². The first-order chi connectivity index (χ1) is 9.86. The Bertz CT molecular complexity index is 470. The maximum absolute atomic E-state index is 12.6. The fraction of sp³-hybridized carbons (Fsp3) is 0.643. The van der Waals surface area contributed by atoms with Gasteiger partial charge in [0.15, 0.2) is 0 Å². The van der Waals surface area contributed by atoms with Crippen LogP contribution in [-0.4, -0.2) is 36.1 Å². The van der Waals surface area contributed by atoms with E-state index in [2.05, 4.69) is 22.1 Å². The number of likely N-dealkylation sites (tertiary alicyclic amines) is 1. The third-order valence-corrected chi connectivity index (χ3v) is 3.63. The molecule has 1 fully saturated rings. The van der Waals surface area contributed by atoms with Crippen molar-refractivity contribution in [3.05, 3.63) is 18.0 Å². The van der Waals surface area contributed by atoms with Gasteiger partial charge in [-0.2, -0.15) is 13.2 Å². The summed E-state index contributed by atoms with van der Waals surface area (Å²) in [6.45, 7) is 5.83. The Balaban J connectivity index is 1.92. The minimum atomic E-state index is -4.45. The summed E-state index contributed by atoms with van der Waals surface area (Å²) in [5.74, 6) is 0.338. The first-order valence-electron chi connectivity index (χ1n) is 7.15. The molecule has 1 atom stereocenters. The molecule has 21 heavy (non-hydrogen) atoms. The van der Waals surface area contributed by atoms with Crippen molar-refractivity contribution in [2.24, 2.45) is 5.92 Å². The fourth-order valence-electron chi connectivity index (χ4n) is 2.53. The maximum Gasteiger partial charge on any atom is 0.433 e. The number of halogens is 3. The molecule has 0 saturated carbocycles. The molecule has 1 aliphatic rings. The van der Waals surface area contributed by atoms with E-state index in [0.29, 0.717) is 18.2 Å². The standard InChI is InChI=1S/C14H21F3N4/c1-10(9-21-4-2-3-5-21)7-19-12-6-13(14(15,16)17)20-8-11(12)18/h6,8,10H,2-5,7,9,18H2,1H3,(H,19,20). The van der Waals surface area contributed by atoms with Gasteiger partial charge >= 0.3 is 6.18 Å². The van der Waals surface area contributed by atoms with Crippen LogP contribution in [0.3, 0.4) is 0 Å². The zero-order chi connectivity index (χ0) is 15.5. The second-order valence-corrected chi connectivity index (χ2v) is 5.65. The molecule has 2 rings (SSSR count). The van der Waals surface area contributed by atoms with E-state index in [1.54, 1.807) is 0 Å². The number of nitrogens with one attached hydrogen (secondary N) is 1. The Morgan fingerprint density at radius 2 is 2.05 bits per heavy atom. The summed E-state index contributed by atoms with van der Waals surface area (Å²) in [7, 11) is 0. The molecule has 2 heterocycles. The van der Waals surface area contributed by atoms with Crippen LogP contribution in [0.4, 0.5) is 24.5 Å². The zero-order valence-electron chi connectivity index (χ0n) is 12.1. The molecule has 0 aromatic carbocycles. The number of nitrogens with zero attached hydrogens (tertiary/aromatic N) is 2. The van der Waals surface area contributed by atoms with Crippen LogP contribution in [0.15, 0.2) is 12.3 Å². The predicted octanol–water partition coefficient (Wildman–Crippen LogP) is 2.83. The van der Waals surface area contributed by atoms with Gasteiger partial charge in [0.2, 0.25) is 0 Å². The summed E-state index contributed by atoms with van der Waals surface area (Å²) < 4.78 is 37.9. The van der Waals surface area contributed by atoms with Gasteiger partial charge < -0.3 is 16.0 Å². The molecule has 3 N–H and O–H groups in total. The van der Waals surface area contributed by atoms with Crippen LogP contribution in [-0.2, 0) is 6.18 Å². The normalized spacial score (nSPS) is 17.9. The van der Waals surface area contributed by atoms with Crippen molar-refractivity contribution in [2.45, 2.75) is 25.9 Å². The number of alkyl halides is 3. The van der Waals surface area contributed by atoms with Crippen LogP contribution >= 0.6 is 0 Å². The van der Waals surface area contributed by atoms with Gasteiger partial charge in [-0.1, -0.05) is 6.92 Å². The van der Waals surface area contributed by atoms with Gasteiger partial charge in [-0.15, -0.1) is 0 Å². The first kappa shape index (κ1) is 15.9. The average molecular weight is 302 g/mol. The average Bonchev–Trinajstić information content (AvgIpc) is 2.89. The third-order valence-electron chi connectivity index (χ3n) is 3.63. The molecule has 1 aromatic rings. The minimum absolute atomic E-state index is 0.233.